The highest BCUT2D eigenvalue weighted by Crippen LogP contribution is 2.32. The molecule has 1 fully saturated rings. The van der Waals surface area contributed by atoms with E-state index < -0.39 is 17.4 Å². The van der Waals surface area contributed by atoms with E-state index in [4.69, 9.17) is 0 Å². The van der Waals surface area contributed by atoms with Crippen LogP contribution in [0.15, 0.2) is 34.9 Å². The summed E-state index contributed by atoms with van der Waals surface area (Å²) in [6.07, 6.45) is 2.63. The first-order valence-electron chi connectivity index (χ1n) is 7.39. The predicted octanol–water partition coefficient (Wildman–Crippen LogP) is 2.85. The molecule has 126 valence electrons. The smallest absolute Gasteiger partial charge is 0.329 e. The van der Waals surface area contributed by atoms with E-state index in [0.717, 1.165) is 0 Å². The molecule has 1 aromatic heterocycles. The number of benzene rings is 1. The number of carbonyl (C=O) groups excluding carboxylic acids is 1. The van der Waals surface area contributed by atoms with E-state index in [1.54, 1.807) is 25.3 Å². The van der Waals surface area contributed by atoms with E-state index in [-0.39, 0.29) is 11.5 Å². The number of carboxylic acid groups (broad SMARTS) is 1. The molecule has 3 rings (SSSR count). The number of aromatic nitrogens is 2. The van der Waals surface area contributed by atoms with Gasteiger partial charge in [0.2, 0.25) is 0 Å². The van der Waals surface area contributed by atoms with Crippen molar-refractivity contribution in [2.45, 2.75) is 25.3 Å². The maximum absolute atomic E-state index is 13.0. The minimum absolute atomic E-state index is 0.133. The minimum atomic E-state index is -1.23. The van der Waals surface area contributed by atoms with Crippen LogP contribution in [0.5, 0.6) is 0 Å². The van der Waals surface area contributed by atoms with Crippen molar-refractivity contribution in [2.75, 3.05) is 6.54 Å². The molecular weight excluding hydrogens is 381 g/mol. The summed E-state index contributed by atoms with van der Waals surface area (Å²) in [5.41, 5.74) is -0.497. The summed E-state index contributed by atoms with van der Waals surface area (Å²) in [4.78, 5) is 25.7. The standard InChI is InChI=1S/C16H15BrFN3O3/c1-16(15(23)24)7-2-8-20(16)14(22)13-12(17)9-21(19-13)11-5-3-10(18)4-6-11/h3-6,9H,2,7-8H2,1H3,(H,23,24). The SMILES string of the molecule is CC1(C(=O)O)CCCN1C(=O)c1nn(-c2ccc(F)cc2)cc1Br. The Morgan fingerprint density at radius 1 is 1.33 bits per heavy atom. The van der Waals surface area contributed by atoms with E-state index in [1.165, 1.54) is 21.7 Å². The fourth-order valence-corrected chi connectivity index (χ4v) is 3.31. The Balaban J connectivity index is 1.94. The Labute approximate surface area is 146 Å². The number of carboxylic acids is 1. The molecule has 0 bridgehead atoms. The molecule has 2 aromatic rings. The average molecular weight is 396 g/mol. The normalized spacial score (nSPS) is 20.4. The van der Waals surface area contributed by atoms with E-state index in [2.05, 4.69) is 21.0 Å². The molecule has 1 aliphatic rings. The highest BCUT2D eigenvalue weighted by atomic mass is 79.9. The van der Waals surface area contributed by atoms with Gasteiger partial charge in [0.1, 0.15) is 11.4 Å². The first-order chi connectivity index (χ1) is 11.3. The van der Waals surface area contributed by atoms with Gasteiger partial charge in [0.15, 0.2) is 5.69 Å². The number of rotatable bonds is 3. The molecule has 1 aromatic carbocycles. The number of hydrogen-bond acceptors (Lipinski definition) is 3. The summed E-state index contributed by atoms with van der Waals surface area (Å²) < 4.78 is 14.9. The first-order valence-corrected chi connectivity index (χ1v) is 8.19. The van der Waals surface area contributed by atoms with E-state index in [9.17, 15) is 19.1 Å². The molecule has 2 heterocycles. The number of halogens is 2. The maximum Gasteiger partial charge on any atom is 0.329 e. The van der Waals surface area contributed by atoms with Gasteiger partial charge in [-0.2, -0.15) is 5.10 Å². The minimum Gasteiger partial charge on any atom is -0.480 e. The van der Waals surface area contributed by atoms with Gasteiger partial charge in [0.05, 0.1) is 10.2 Å². The van der Waals surface area contributed by atoms with Crippen LogP contribution in [0.25, 0.3) is 5.69 Å². The lowest BCUT2D eigenvalue weighted by molar-refractivity contribution is -0.147. The van der Waals surface area contributed by atoms with Crippen molar-refractivity contribution in [3.05, 3.63) is 46.4 Å². The third-order valence-electron chi connectivity index (χ3n) is 4.31. The van der Waals surface area contributed by atoms with Crippen LogP contribution in [0.1, 0.15) is 30.3 Å². The lowest BCUT2D eigenvalue weighted by Crippen LogP contribution is -2.51. The van der Waals surface area contributed by atoms with E-state index >= 15 is 0 Å². The topological polar surface area (TPSA) is 75.4 Å². The molecule has 0 aliphatic carbocycles. The van der Waals surface area contributed by atoms with Crippen molar-refractivity contribution in [1.29, 1.82) is 0 Å². The van der Waals surface area contributed by atoms with Crippen LogP contribution in [0, 0.1) is 5.82 Å². The van der Waals surface area contributed by atoms with Crippen molar-refractivity contribution >= 4 is 27.8 Å². The summed E-state index contributed by atoms with van der Waals surface area (Å²) in [6, 6.07) is 5.68. The summed E-state index contributed by atoms with van der Waals surface area (Å²) >= 11 is 3.30. The Morgan fingerprint density at radius 3 is 2.62 bits per heavy atom. The molecular formula is C16H15BrFN3O3. The van der Waals surface area contributed by atoms with Gasteiger partial charge in [-0.1, -0.05) is 0 Å². The Morgan fingerprint density at radius 2 is 2.00 bits per heavy atom. The van der Waals surface area contributed by atoms with Gasteiger partial charge in [-0.25, -0.2) is 13.9 Å². The third kappa shape index (κ3) is 2.71. The van der Waals surface area contributed by atoms with Crippen LogP contribution >= 0.6 is 15.9 Å². The Kier molecular flexibility index (Phi) is 4.16. The summed E-state index contributed by atoms with van der Waals surface area (Å²) in [7, 11) is 0. The number of aliphatic carboxylic acids is 1. The van der Waals surface area contributed by atoms with Crippen molar-refractivity contribution in [2.24, 2.45) is 0 Å². The zero-order valence-corrected chi connectivity index (χ0v) is 14.5. The van der Waals surface area contributed by atoms with Crippen molar-refractivity contribution < 1.29 is 19.1 Å². The predicted molar refractivity (Wildman–Crippen MR) is 87.5 cm³/mol. The highest BCUT2D eigenvalue weighted by Gasteiger charge is 2.47. The number of likely N-dealkylation sites (tertiary alicyclic amines) is 1. The molecule has 0 radical (unpaired) electrons. The summed E-state index contributed by atoms with van der Waals surface area (Å²) in [6.45, 7) is 1.92. The first kappa shape index (κ1) is 16.6. The van der Waals surface area contributed by atoms with Gasteiger partial charge in [-0.15, -0.1) is 0 Å². The van der Waals surface area contributed by atoms with Crippen LogP contribution in [0.4, 0.5) is 4.39 Å². The number of hydrogen-bond donors (Lipinski definition) is 1. The van der Waals surface area contributed by atoms with Gasteiger partial charge in [-0.3, -0.25) is 4.79 Å². The average Bonchev–Trinajstić information content (AvgIpc) is 3.12. The molecule has 1 aliphatic heterocycles. The zero-order valence-electron chi connectivity index (χ0n) is 12.9. The molecule has 1 saturated heterocycles. The van der Waals surface area contributed by atoms with Crippen LogP contribution in [0.3, 0.4) is 0 Å². The second kappa shape index (κ2) is 6.01. The van der Waals surface area contributed by atoms with Crippen molar-refractivity contribution in [1.82, 2.24) is 14.7 Å². The summed E-state index contributed by atoms with van der Waals surface area (Å²) in [5, 5.41) is 13.7. The molecule has 24 heavy (non-hydrogen) atoms. The molecule has 1 atom stereocenters. The third-order valence-corrected chi connectivity index (χ3v) is 4.89. The fourth-order valence-electron chi connectivity index (χ4n) is 2.86. The molecule has 1 amide bonds. The highest BCUT2D eigenvalue weighted by molar-refractivity contribution is 9.10. The molecule has 0 spiro atoms. The Hall–Kier alpha value is -2.22. The fraction of sp³-hybridized carbons (Fsp3) is 0.312. The van der Waals surface area contributed by atoms with Gasteiger partial charge < -0.3 is 10.0 Å². The van der Waals surface area contributed by atoms with Crippen molar-refractivity contribution in [3.63, 3.8) is 0 Å². The lowest BCUT2D eigenvalue weighted by atomic mass is 9.99. The second-order valence-corrected chi connectivity index (χ2v) is 6.74. The quantitative estimate of drug-likeness (QED) is 0.866. The van der Waals surface area contributed by atoms with Crippen LogP contribution in [0.2, 0.25) is 0 Å². The molecule has 1 N–H and O–H groups in total. The molecule has 0 saturated carbocycles. The largest absolute Gasteiger partial charge is 0.480 e. The Bertz CT molecular complexity index is 805. The van der Waals surface area contributed by atoms with Gasteiger partial charge in [0.25, 0.3) is 5.91 Å². The zero-order chi connectivity index (χ0) is 17.5. The maximum atomic E-state index is 13.0. The van der Waals surface area contributed by atoms with E-state index in [0.29, 0.717) is 29.5 Å². The second-order valence-electron chi connectivity index (χ2n) is 5.89. The summed E-state index contributed by atoms with van der Waals surface area (Å²) in [5.74, 6) is -1.83. The van der Waals surface area contributed by atoms with Crippen LogP contribution in [-0.4, -0.2) is 43.7 Å². The van der Waals surface area contributed by atoms with Gasteiger partial charge >= 0.3 is 5.97 Å². The number of amides is 1. The monoisotopic (exact) mass is 395 g/mol. The van der Waals surface area contributed by atoms with Crippen molar-refractivity contribution in [3.8, 4) is 5.69 Å². The number of nitrogens with zero attached hydrogens (tertiary/aromatic N) is 3. The lowest BCUT2D eigenvalue weighted by Gasteiger charge is -2.30. The molecule has 6 nitrogen and oxygen atoms in total. The van der Waals surface area contributed by atoms with Gasteiger partial charge in [0, 0.05) is 12.7 Å². The molecule has 8 heteroatoms. The van der Waals surface area contributed by atoms with Crippen LogP contribution in [-0.2, 0) is 4.79 Å². The van der Waals surface area contributed by atoms with Gasteiger partial charge in [-0.05, 0) is 60.0 Å². The molecule has 1 unspecified atom stereocenters. The van der Waals surface area contributed by atoms with E-state index in [1.807, 2.05) is 0 Å². The number of carbonyl (C=O) groups is 2. The van der Waals surface area contributed by atoms with Crippen LogP contribution < -0.4 is 0 Å².